The summed E-state index contributed by atoms with van der Waals surface area (Å²) in [5.74, 6) is 0. The van der Waals surface area contributed by atoms with E-state index in [-0.39, 0.29) is 24.3 Å². The molecule has 0 aliphatic carbocycles. The molecule has 0 saturated carbocycles. The van der Waals surface area contributed by atoms with E-state index in [1.165, 1.54) is 87.3 Å². The number of hydrogen-bond acceptors (Lipinski definition) is 0. The van der Waals surface area contributed by atoms with E-state index in [1.807, 2.05) is 0 Å². The zero-order valence-electron chi connectivity index (χ0n) is 28.0. The predicted octanol–water partition coefficient (Wildman–Crippen LogP) is 6.90. The molecule has 226 valence electrons. The zero-order valence-corrected chi connectivity index (χ0v) is 28.0. The summed E-state index contributed by atoms with van der Waals surface area (Å²) in [5.41, 5.74) is 13.7. The fraction of sp³-hybridized carbons (Fsp3) is 0.130. The van der Waals surface area contributed by atoms with E-state index in [9.17, 15) is 0 Å². The minimum Gasteiger partial charge on any atom is -0.0686 e. The lowest BCUT2D eigenvalue weighted by atomic mass is 9.35. The van der Waals surface area contributed by atoms with Gasteiger partial charge in [0.05, 0.1) is 0 Å². The van der Waals surface area contributed by atoms with Crippen LogP contribution in [0, 0.1) is 0 Å². The molecule has 2 aliphatic heterocycles. The Bertz CT molecular complexity index is 2380. The van der Waals surface area contributed by atoms with Crippen LogP contribution >= 0.6 is 0 Å². The molecule has 0 saturated heterocycles. The van der Waals surface area contributed by atoms with E-state index in [0.717, 1.165) is 0 Å². The van der Waals surface area contributed by atoms with Crippen molar-refractivity contribution in [2.45, 2.75) is 38.5 Å². The van der Waals surface area contributed by atoms with Gasteiger partial charge in [0.1, 0.15) is 0 Å². The highest BCUT2D eigenvalue weighted by Crippen LogP contribution is 2.47. The Balaban J connectivity index is 1.42. The first-order chi connectivity index (χ1) is 23.4. The van der Waals surface area contributed by atoms with Gasteiger partial charge < -0.3 is 0 Å². The van der Waals surface area contributed by atoms with Crippen LogP contribution in [0.25, 0.3) is 32.3 Å². The van der Waals surface area contributed by atoms with Gasteiger partial charge >= 0.3 is 0 Å². The molecule has 0 unspecified atom stereocenters. The summed E-state index contributed by atoms with van der Waals surface area (Å²) in [6.07, 6.45) is 0. The first kappa shape index (κ1) is 28.0. The van der Waals surface area contributed by atoms with Gasteiger partial charge in [0.15, 0.2) is 0 Å². The lowest BCUT2D eigenvalue weighted by molar-refractivity contribution is 0.652. The van der Waals surface area contributed by atoms with Gasteiger partial charge in [-0.1, -0.05) is 194 Å². The number of fused-ring (bicyclic) bond motifs is 2. The SMILES string of the molecule is CC1(C)c2ccccc2B(c2ccccc2)c2ccc3cc4c5c(ccc6cc1c2c3c65)B(c1ccccc1)c1ccccc1C4(C)C. The molecule has 0 fully saturated rings. The van der Waals surface area contributed by atoms with E-state index in [4.69, 9.17) is 0 Å². The maximum Gasteiger partial charge on any atom is 0.242 e. The Labute approximate surface area is 284 Å². The van der Waals surface area contributed by atoms with Gasteiger partial charge in [-0.3, -0.25) is 0 Å². The molecule has 0 radical (unpaired) electrons. The average molecular weight is 610 g/mol. The highest BCUT2D eigenvalue weighted by atomic mass is 14.4. The molecule has 2 heterocycles. The van der Waals surface area contributed by atoms with Gasteiger partial charge in [-0.05, 0) is 66.7 Å². The van der Waals surface area contributed by atoms with Gasteiger partial charge in [0, 0.05) is 10.8 Å². The summed E-state index contributed by atoms with van der Waals surface area (Å²) in [6.45, 7) is 10.1. The lowest BCUT2D eigenvalue weighted by Crippen LogP contribution is -2.53. The van der Waals surface area contributed by atoms with Crippen LogP contribution in [0.15, 0.2) is 146 Å². The van der Waals surface area contributed by atoms with Gasteiger partial charge in [-0.2, -0.15) is 0 Å². The third kappa shape index (κ3) is 3.58. The molecule has 10 rings (SSSR count). The molecule has 8 aromatic carbocycles. The quantitative estimate of drug-likeness (QED) is 0.148. The van der Waals surface area contributed by atoms with Crippen LogP contribution in [0.2, 0.25) is 0 Å². The molecule has 2 aliphatic rings. The molecule has 0 aromatic heterocycles. The van der Waals surface area contributed by atoms with Crippen molar-refractivity contribution in [2.75, 3.05) is 0 Å². The summed E-state index contributed by atoms with van der Waals surface area (Å²) in [7, 11) is 0. The van der Waals surface area contributed by atoms with Crippen LogP contribution in [0.5, 0.6) is 0 Å². The first-order valence-electron chi connectivity index (χ1n) is 17.4. The molecule has 0 atom stereocenters. The van der Waals surface area contributed by atoms with Gasteiger partial charge in [0.25, 0.3) is 0 Å². The Hall–Kier alpha value is -5.07. The maximum absolute atomic E-state index is 2.56. The van der Waals surface area contributed by atoms with Crippen LogP contribution < -0.4 is 32.8 Å². The Morgan fingerprint density at radius 3 is 1.12 bits per heavy atom. The minimum absolute atomic E-state index is 0.153. The summed E-state index contributed by atoms with van der Waals surface area (Å²) >= 11 is 0. The summed E-state index contributed by atoms with van der Waals surface area (Å²) in [4.78, 5) is 0. The van der Waals surface area contributed by atoms with Crippen molar-refractivity contribution in [3.63, 3.8) is 0 Å². The second-order valence-electron chi connectivity index (χ2n) is 15.2. The van der Waals surface area contributed by atoms with E-state index >= 15 is 0 Å². The Kier molecular flexibility index (Phi) is 5.68. The molecule has 0 amide bonds. The van der Waals surface area contributed by atoms with Crippen LogP contribution in [-0.4, -0.2) is 13.4 Å². The normalized spacial score (nSPS) is 15.8. The summed E-state index contributed by atoms with van der Waals surface area (Å²) < 4.78 is 0. The Morgan fingerprint density at radius 2 is 0.708 bits per heavy atom. The van der Waals surface area contributed by atoms with Crippen LogP contribution in [0.1, 0.15) is 49.9 Å². The van der Waals surface area contributed by atoms with Crippen molar-refractivity contribution < 1.29 is 0 Å². The number of hydrogen-bond donors (Lipinski definition) is 0. The van der Waals surface area contributed by atoms with Crippen molar-refractivity contribution in [1.29, 1.82) is 0 Å². The molecular formula is C46H36B2. The molecular weight excluding hydrogens is 574 g/mol. The third-order valence-corrected chi connectivity index (χ3v) is 12.1. The van der Waals surface area contributed by atoms with Gasteiger partial charge in [-0.25, -0.2) is 0 Å². The van der Waals surface area contributed by atoms with Crippen molar-refractivity contribution in [2.24, 2.45) is 0 Å². The highest BCUT2D eigenvalue weighted by Gasteiger charge is 2.41. The topological polar surface area (TPSA) is 0 Å². The molecule has 48 heavy (non-hydrogen) atoms. The monoisotopic (exact) mass is 610 g/mol. The van der Waals surface area contributed by atoms with Crippen LogP contribution in [0.3, 0.4) is 0 Å². The minimum atomic E-state index is -0.180. The van der Waals surface area contributed by atoms with E-state index < -0.39 is 0 Å². The largest absolute Gasteiger partial charge is 0.242 e. The van der Waals surface area contributed by atoms with Crippen molar-refractivity contribution in [3.05, 3.63) is 168 Å². The van der Waals surface area contributed by atoms with Gasteiger partial charge in [-0.15, -0.1) is 0 Å². The first-order valence-corrected chi connectivity index (χ1v) is 17.4. The highest BCUT2D eigenvalue weighted by molar-refractivity contribution is 6.98. The summed E-state index contributed by atoms with van der Waals surface area (Å²) in [6, 6.07) is 55.6. The maximum atomic E-state index is 2.56. The second-order valence-corrected chi connectivity index (χ2v) is 15.2. The second kappa shape index (κ2) is 9.74. The standard InChI is InChI=1S/C46H36B2/c1-45(2)33-19-11-13-21-37(33)47(31-15-7-5-8-16-31)39-25-24-30-28-36-44-40(26-23-29-27-35(45)43(39)41(30)42(29)44)48(32-17-9-6-10-18-32)38-22-14-12-20-34(38)46(36,3)4/h5-28H,1-4H3. The predicted molar refractivity (Wildman–Crippen MR) is 209 cm³/mol. The van der Waals surface area contributed by atoms with Crippen molar-refractivity contribution in [3.8, 4) is 0 Å². The molecule has 2 heteroatoms. The van der Waals surface area contributed by atoms with Crippen LogP contribution in [0.4, 0.5) is 0 Å². The molecule has 8 aromatic rings. The zero-order chi connectivity index (χ0) is 32.4. The Morgan fingerprint density at radius 1 is 0.333 bits per heavy atom. The van der Waals surface area contributed by atoms with E-state index in [2.05, 4.69) is 173 Å². The van der Waals surface area contributed by atoms with E-state index in [0.29, 0.717) is 0 Å². The average Bonchev–Trinajstić information content (AvgIpc) is 3.26. The lowest BCUT2D eigenvalue weighted by Gasteiger charge is -2.31. The number of benzene rings is 8. The molecule has 0 N–H and O–H groups in total. The summed E-state index contributed by atoms with van der Waals surface area (Å²) in [5, 5.41) is 8.42. The fourth-order valence-corrected chi connectivity index (χ4v) is 9.82. The fourth-order valence-electron chi connectivity index (χ4n) is 9.82. The van der Waals surface area contributed by atoms with E-state index in [1.54, 1.807) is 0 Å². The third-order valence-electron chi connectivity index (χ3n) is 12.1. The number of rotatable bonds is 2. The van der Waals surface area contributed by atoms with Gasteiger partial charge in [0.2, 0.25) is 13.4 Å². The smallest absolute Gasteiger partial charge is 0.0686 e. The molecule has 0 bridgehead atoms. The van der Waals surface area contributed by atoms with Crippen LogP contribution in [-0.2, 0) is 10.8 Å². The molecule has 0 spiro atoms. The van der Waals surface area contributed by atoms with Crippen molar-refractivity contribution >= 4 is 78.5 Å². The molecule has 0 nitrogen and oxygen atoms in total. The van der Waals surface area contributed by atoms with Crippen molar-refractivity contribution in [1.82, 2.24) is 0 Å².